The first-order chi connectivity index (χ1) is 10.1. The molecule has 0 aliphatic carbocycles. The summed E-state index contributed by atoms with van der Waals surface area (Å²) in [6.45, 7) is 3.88. The van der Waals surface area contributed by atoms with Crippen molar-refractivity contribution in [3.05, 3.63) is 29.6 Å². The second kappa shape index (κ2) is 6.02. The molecule has 0 atom stereocenters. The SMILES string of the molecule is Nc1cc(F)cc(C(=O)N2CCC(N3CCCC3)CC2)c1. The number of hydrogen-bond donors (Lipinski definition) is 1. The molecular formula is C16H22FN3O. The van der Waals surface area contributed by atoms with Crippen molar-refractivity contribution in [3.8, 4) is 0 Å². The van der Waals surface area contributed by atoms with E-state index in [9.17, 15) is 9.18 Å². The standard InChI is InChI=1S/C16H22FN3O/c17-13-9-12(10-14(18)11-13)16(21)20-7-3-15(4-8-20)19-5-1-2-6-19/h9-11,15H,1-8,18H2. The van der Waals surface area contributed by atoms with E-state index >= 15 is 0 Å². The van der Waals surface area contributed by atoms with Gasteiger partial charge < -0.3 is 15.5 Å². The Balaban J connectivity index is 1.62. The van der Waals surface area contributed by atoms with Crippen LogP contribution in [0.5, 0.6) is 0 Å². The fraction of sp³-hybridized carbons (Fsp3) is 0.562. The number of nitrogens with zero attached hydrogens (tertiary/aromatic N) is 2. The molecule has 2 N–H and O–H groups in total. The lowest BCUT2D eigenvalue weighted by Gasteiger charge is -2.36. The van der Waals surface area contributed by atoms with Crippen LogP contribution < -0.4 is 5.73 Å². The monoisotopic (exact) mass is 291 g/mol. The highest BCUT2D eigenvalue weighted by atomic mass is 19.1. The quantitative estimate of drug-likeness (QED) is 0.849. The summed E-state index contributed by atoms with van der Waals surface area (Å²) in [4.78, 5) is 16.8. The van der Waals surface area contributed by atoms with E-state index in [4.69, 9.17) is 5.73 Å². The molecule has 2 aliphatic rings. The maximum absolute atomic E-state index is 13.4. The molecule has 21 heavy (non-hydrogen) atoms. The van der Waals surface area contributed by atoms with Gasteiger partial charge in [-0.15, -0.1) is 0 Å². The number of nitrogen functional groups attached to an aromatic ring is 1. The number of halogens is 1. The first-order valence-electron chi connectivity index (χ1n) is 7.73. The number of amides is 1. The summed E-state index contributed by atoms with van der Waals surface area (Å²) in [6.07, 6.45) is 4.61. The van der Waals surface area contributed by atoms with Crippen LogP contribution in [0.1, 0.15) is 36.0 Å². The van der Waals surface area contributed by atoms with Crippen LogP contribution in [-0.4, -0.2) is 47.9 Å². The Morgan fingerprint density at radius 2 is 1.76 bits per heavy atom. The van der Waals surface area contributed by atoms with Crippen LogP contribution in [0.25, 0.3) is 0 Å². The topological polar surface area (TPSA) is 49.6 Å². The minimum Gasteiger partial charge on any atom is -0.399 e. The van der Waals surface area contributed by atoms with Crippen molar-refractivity contribution in [2.24, 2.45) is 0 Å². The van der Waals surface area contributed by atoms with Crippen molar-refractivity contribution < 1.29 is 9.18 Å². The molecule has 0 spiro atoms. The highest BCUT2D eigenvalue weighted by Crippen LogP contribution is 2.22. The summed E-state index contributed by atoms with van der Waals surface area (Å²) in [5, 5.41) is 0. The average molecular weight is 291 g/mol. The van der Waals surface area contributed by atoms with Crippen molar-refractivity contribution in [1.82, 2.24) is 9.80 Å². The minimum absolute atomic E-state index is 0.110. The molecule has 3 rings (SSSR count). The van der Waals surface area contributed by atoms with Gasteiger partial charge in [-0.2, -0.15) is 0 Å². The molecule has 0 unspecified atom stereocenters. The van der Waals surface area contributed by atoms with Gasteiger partial charge in [0.25, 0.3) is 5.91 Å². The number of rotatable bonds is 2. The van der Waals surface area contributed by atoms with Crippen molar-refractivity contribution in [2.45, 2.75) is 31.7 Å². The zero-order chi connectivity index (χ0) is 14.8. The van der Waals surface area contributed by atoms with E-state index in [-0.39, 0.29) is 5.91 Å². The third-order valence-electron chi connectivity index (χ3n) is 4.58. The summed E-state index contributed by atoms with van der Waals surface area (Å²) >= 11 is 0. The number of benzene rings is 1. The molecule has 5 heteroatoms. The lowest BCUT2D eigenvalue weighted by Crippen LogP contribution is -2.45. The van der Waals surface area contributed by atoms with E-state index in [1.165, 1.54) is 38.1 Å². The van der Waals surface area contributed by atoms with Gasteiger partial charge in [0, 0.05) is 30.4 Å². The third-order valence-corrected chi connectivity index (χ3v) is 4.58. The van der Waals surface area contributed by atoms with E-state index in [1.807, 2.05) is 4.90 Å². The fourth-order valence-electron chi connectivity index (χ4n) is 3.46. The second-order valence-corrected chi connectivity index (χ2v) is 6.04. The van der Waals surface area contributed by atoms with Crippen LogP contribution >= 0.6 is 0 Å². The van der Waals surface area contributed by atoms with Crippen molar-refractivity contribution in [2.75, 3.05) is 31.9 Å². The first kappa shape index (κ1) is 14.3. The molecule has 0 saturated carbocycles. The second-order valence-electron chi connectivity index (χ2n) is 6.04. The van der Waals surface area contributed by atoms with Gasteiger partial charge >= 0.3 is 0 Å². The van der Waals surface area contributed by atoms with Gasteiger partial charge in [0.2, 0.25) is 0 Å². The van der Waals surface area contributed by atoms with Crippen LogP contribution in [0.15, 0.2) is 18.2 Å². The molecule has 2 heterocycles. The van der Waals surface area contributed by atoms with E-state index in [2.05, 4.69) is 4.90 Å². The zero-order valence-corrected chi connectivity index (χ0v) is 12.2. The molecule has 4 nitrogen and oxygen atoms in total. The number of likely N-dealkylation sites (tertiary alicyclic amines) is 2. The van der Waals surface area contributed by atoms with E-state index in [1.54, 1.807) is 6.07 Å². The van der Waals surface area contributed by atoms with Crippen molar-refractivity contribution in [3.63, 3.8) is 0 Å². The zero-order valence-electron chi connectivity index (χ0n) is 12.2. The molecule has 1 amide bonds. The number of carbonyl (C=O) groups is 1. The summed E-state index contributed by atoms with van der Waals surface area (Å²) in [7, 11) is 0. The fourth-order valence-corrected chi connectivity index (χ4v) is 3.46. The number of piperidine rings is 1. The Bertz CT molecular complexity index is 500. The van der Waals surface area contributed by atoms with Crippen LogP contribution in [0, 0.1) is 5.82 Å². The maximum Gasteiger partial charge on any atom is 0.254 e. The van der Waals surface area contributed by atoms with Crippen molar-refractivity contribution in [1.29, 1.82) is 0 Å². The highest BCUT2D eigenvalue weighted by Gasteiger charge is 2.28. The van der Waals surface area contributed by atoms with Gasteiger partial charge in [0.15, 0.2) is 0 Å². The third kappa shape index (κ3) is 3.18. The van der Waals surface area contributed by atoms with Gasteiger partial charge in [0.05, 0.1) is 0 Å². The van der Waals surface area contributed by atoms with Gasteiger partial charge in [-0.05, 0) is 57.0 Å². The molecule has 2 aliphatic heterocycles. The van der Waals surface area contributed by atoms with Crippen LogP contribution in [0.2, 0.25) is 0 Å². The lowest BCUT2D eigenvalue weighted by molar-refractivity contribution is 0.0644. The van der Waals surface area contributed by atoms with E-state index < -0.39 is 5.82 Å². The molecule has 1 aromatic rings. The van der Waals surface area contributed by atoms with Gasteiger partial charge in [0.1, 0.15) is 5.82 Å². The Morgan fingerprint density at radius 1 is 1.10 bits per heavy atom. The molecule has 0 radical (unpaired) electrons. The summed E-state index contributed by atoms with van der Waals surface area (Å²) in [6, 6.07) is 4.66. The molecule has 2 saturated heterocycles. The van der Waals surface area contributed by atoms with Gasteiger partial charge in [-0.25, -0.2) is 4.39 Å². The number of hydrogen-bond acceptors (Lipinski definition) is 3. The predicted octanol–water partition coefficient (Wildman–Crippen LogP) is 2.11. The Morgan fingerprint density at radius 3 is 2.38 bits per heavy atom. The summed E-state index contributed by atoms with van der Waals surface area (Å²) in [5.41, 5.74) is 6.26. The van der Waals surface area contributed by atoms with E-state index in [0.717, 1.165) is 25.9 Å². The largest absolute Gasteiger partial charge is 0.399 e. The lowest BCUT2D eigenvalue weighted by atomic mass is 10.0. The Hall–Kier alpha value is -1.62. The van der Waals surface area contributed by atoms with Gasteiger partial charge in [-0.3, -0.25) is 4.79 Å². The van der Waals surface area contributed by atoms with Crippen molar-refractivity contribution >= 4 is 11.6 Å². The predicted molar refractivity (Wildman–Crippen MR) is 80.5 cm³/mol. The van der Waals surface area contributed by atoms with Crippen LogP contribution in [0.3, 0.4) is 0 Å². The molecule has 0 aromatic heterocycles. The number of nitrogens with two attached hydrogens (primary N) is 1. The molecule has 114 valence electrons. The highest BCUT2D eigenvalue weighted by molar-refractivity contribution is 5.95. The number of carbonyl (C=O) groups excluding carboxylic acids is 1. The Kier molecular flexibility index (Phi) is 4.10. The minimum atomic E-state index is -0.453. The van der Waals surface area contributed by atoms with Gasteiger partial charge in [-0.1, -0.05) is 0 Å². The molecular weight excluding hydrogens is 269 g/mol. The van der Waals surface area contributed by atoms with Crippen LogP contribution in [0.4, 0.5) is 10.1 Å². The molecule has 1 aromatic carbocycles. The first-order valence-corrected chi connectivity index (χ1v) is 7.73. The summed E-state index contributed by atoms with van der Waals surface area (Å²) < 4.78 is 13.4. The smallest absolute Gasteiger partial charge is 0.254 e. The average Bonchev–Trinajstić information content (AvgIpc) is 3.00. The summed E-state index contributed by atoms with van der Waals surface area (Å²) in [5.74, 6) is -0.564. The van der Waals surface area contributed by atoms with Crippen LogP contribution in [-0.2, 0) is 0 Å². The number of anilines is 1. The Labute approximate surface area is 124 Å². The molecule has 0 bridgehead atoms. The molecule has 2 fully saturated rings. The maximum atomic E-state index is 13.4. The van der Waals surface area contributed by atoms with E-state index in [0.29, 0.717) is 17.3 Å². The normalized spacial score (nSPS) is 20.9.